The van der Waals surface area contributed by atoms with Gasteiger partial charge in [0.05, 0.1) is 6.10 Å². The van der Waals surface area contributed by atoms with E-state index < -0.39 is 23.9 Å². The van der Waals surface area contributed by atoms with Crippen LogP contribution in [-0.4, -0.2) is 34.6 Å². The van der Waals surface area contributed by atoms with Crippen LogP contribution in [0.4, 0.5) is 4.79 Å². The van der Waals surface area contributed by atoms with Crippen LogP contribution in [0.2, 0.25) is 0 Å². The molecule has 0 bridgehead atoms. The van der Waals surface area contributed by atoms with Gasteiger partial charge >= 0.3 is 6.09 Å². The normalized spacial score (nSPS) is 14.3. The maximum absolute atomic E-state index is 11.5. The second kappa shape index (κ2) is 8.12. The Kier molecular flexibility index (Phi) is 6.80. The molecule has 0 saturated heterocycles. The fourth-order valence-corrected chi connectivity index (χ4v) is 1.92. The lowest BCUT2D eigenvalue weighted by atomic mass is 10.00. The van der Waals surface area contributed by atoms with Crippen molar-refractivity contribution in [2.75, 3.05) is 6.54 Å². The highest BCUT2D eigenvalue weighted by Crippen LogP contribution is 2.19. The first-order valence-corrected chi connectivity index (χ1v) is 7.35. The van der Waals surface area contributed by atoms with Crippen molar-refractivity contribution in [2.24, 2.45) is 5.73 Å². The molecule has 1 aromatic carbocycles. The van der Waals surface area contributed by atoms with E-state index in [1.807, 2.05) is 6.07 Å². The van der Waals surface area contributed by atoms with Crippen molar-refractivity contribution in [3.05, 3.63) is 35.4 Å². The number of hydrogen-bond acceptors (Lipinski definition) is 5. The quantitative estimate of drug-likeness (QED) is 0.636. The number of carbonyl (C=O) groups is 1. The molecule has 6 heteroatoms. The van der Waals surface area contributed by atoms with Crippen LogP contribution in [0.15, 0.2) is 24.3 Å². The molecule has 0 fully saturated rings. The molecular formula is C16H26N2O4. The molecule has 1 amide bonds. The zero-order chi connectivity index (χ0) is 16.8. The number of alkyl carbamates (subject to hydrolysis) is 1. The Morgan fingerprint density at radius 1 is 1.36 bits per heavy atom. The van der Waals surface area contributed by atoms with Gasteiger partial charge in [0.2, 0.25) is 0 Å². The molecule has 0 aliphatic rings. The summed E-state index contributed by atoms with van der Waals surface area (Å²) in [5.41, 5.74) is 6.48. The molecule has 1 rings (SSSR count). The van der Waals surface area contributed by atoms with Crippen molar-refractivity contribution in [2.45, 2.75) is 51.5 Å². The van der Waals surface area contributed by atoms with Crippen LogP contribution in [0.5, 0.6) is 0 Å². The number of hydrogen-bond donors (Lipinski definition) is 4. The van der Waals surface area contributed by atoms with Gasteiger partial charge in [0.25, 0.3) is 0 Å². The average Bonchev–Trinajstić information content (AvgIpc) is 2.44. The first kappa shape index (κ1) is 18.4. The highest BCUT2D eigenvalue weighted by Gasteiger charge is 2.20. The lowest BCUT2D eigenvalue weighted by molar-refractivity contribution is 0.0123. The molecule has 0 spiro atoms. The van der Waals surface area contributed by atoms with Crippen LogP contribution >= 0.6 is 0 Å². The zero-order valence-corrected chi connectivity index (χ0v) is 13.4. The largest absolute Gasteiger partial charge is 0.444 e. The number of benzene rings is 1. The van der Waals surface area contributed by atoms with Gasteiger partial charge in [-0.3, -0.25) is 0 Å². The lowest BCUT2D eigenvalue weighted by Gasteiger charge is -2.21. The molecule has 2 unspecified atom stereocenters. The average molecular weight is 310 g/mol. The Hall–Kier alpha value is -1.63. The number of nitrogens with two attached hydrogens (primary N) is 1. The third-order valence-electron chi connectivity index (χ3n) is 3.00. The van der Waals surface area contributed by atoms with Crippen molar-refractivity contribution < 1.29 is 19.7 Å². The molecule has 0 aliphatic heterocycles. The smallest absolute Gasteiger partial charge is 0.407 e. The summed E-state index contributed by atoms with van der Waals surface area (Å²) in [7, 11) is 0. The Labute approximate surface area is 131 Å². The first-order valence-electron chi connectivity index (χ1n) is 7.35. The van der Waals surface area contributed by atoms with Gasteiger partial charge in [0, 0.05) is 13.1 Å². The van der Waals surface area contributed by atoms with Gasteiger partial charge in [0.1, 0.15) is 11.7 Å². The van der Waals surface area contributed by atoms with E-state index in [-0.39, 0.29) is 13.0 Å². The van der Waals surface area contributed by atoms with E-state index in [1.54, 1.807) is 39.0 Å². The highest BCUT2D eigenvalue weighted by atomic mass is 16.6. The first-order chi connectivity index (χ1) is 10.2. The summed E-state index contributed by atoms with van der Waals surface area (Å²) < 4.78 is 5.09. The standard InChI is InChI=1S/C16H26N2O4/c1-16(2,3)22-15(21)18-8-7-13(19)14(20)12-6-4-5-11(9-12)10-17/h4-6,9,13-14,19-20H,7-8,10,17H2,1-3H3,(H,18,21). The van der Waals surface area contributed by atoms with E-state index in [0.29, 0.717) is 12.1 Å². The van der Waals surface area contributed by atoms with Crippen LogP contribution < -0.4 is 11.1 Å². The van der Waals surface area contributed by atoms with Crippen molar-refractivity contribution in [3.63, 3.8) is 0 Å². The summed E-state index contributed by atoms with van der Waals surface area (Å²) in [4.78, 5) is 11.5. The highest BCUT2D eigenvalue weighted by molar-refractivity contribution is 5.67. The van der Waals surface area contributed by atoms with Crippen LogP contribution in [0.3, 0.4) is 0 Å². The van der Waals surface area contributed by atoms with Crippen molar-refractivity contribution in [3.8, 4) is 0 Å². The molecule has 0 saturated carbocycles. The molecule has 1 aromatic rings. The minimum absolute atomic E-state index is 0.212. The molecule has 2 atom stereocenters. The summed E-state index contributed by atoms with van der Waals surface area (Å²) in [6.07, 6.45) is -2.33. The van der Waals surface area contributed by atoms with Gasteiger partial charge in [-0.1, -0.05) is 24.3 Å². The summed E-state index contributed by atoms with van der Waals surface area (Å²) in [6, 6.07) is 7.13. The van der Waals surface area contributed by atoms with E-state index in [2.05, 4.69) is 5.32 Å². The Balaban J connectivity index is 2.44. The number of aliphatic hydroxyl groups excluding tert-OH is 2. The summed E-state index contributed by atoms with van der Waals surface area (Å²) in [5, 5.41) is 22.7. The zero-order valence-electron chi connectivity index (χ0n) is 13.4. The van der Waals surface area contributed by atoms with Gasteiger partial charge in [-0.25, -0.2) is 4.79 Å². The minimum atomic E-state index is -1.02. The van der Waals surface area contributed by atoms with E-state index in [9.17, 15) is 15.0 Å². The fourth-order valence-electron chi connectivity index (χ4n) is 1.92. The topological polar surface area (TPSA) is 105 Å². The van der Waals surface area contributed by atoms with Crippen LogP contribution in [0.25, 0.3) is 0 Å². The van der Waals surface area contributed by atoms with Crippen LogP contribution in [0, 0.1) is 0 Å². The van der Waals surface area contributed by atoms with Crippen molar-refractivity contribution >= 4 is 6.09 Å². The molecule has 0 aliphatic carbocycles. The maximum Gasteiger partial charge on any atom is 0.407 e. The molecule has 0 heterocycles. The number of nitrogens with one attached hydrogen (secondary N) is 1. The van der Waals surface area contributed by atoms with Crippen LogP contribution in [-0.2, 0) is 11.3 Å². The van der Waals surface area contributed by atoms with Gasteiger partial charge in [-0.05, 0) is 38.3 Å². The number of ether oxygens (including phenoxy) is 1. The second-order valence-electron chi connectivity index (χ2n) is 6.18. The predicted molar refractivity (Wildman–Crippen MR) is 84.2 cm³/mol. The second-order valence-corrected chi connectivity index (χ2v) is 6.18. The van der Waals surface area contributed by atoms with Gasteiger partial charge in [0.15, 0.2) is 0 Å². The Morgan fingerprint density at radius 2 is 2.05 bits per heavy atom. The van der Waals surface area contributed by atoms with E-state index in [4.69, 9.17) is 10.5 Å². The third kappa shape index (κ3) is 6.43. The number of amides is 1. The van der Waals surface area contributed by atoms with E-state index in [1.165, 1.54) is 0 Å². The number of rotatable bonds is 6. The number of aliphatic hydroxyl groups is 2. The number of carbonyl (C=O) groups excluding carboxylic acids is 1. The molecule has 0 aromatic heterocycles. The monoisotopic (exact) mass is 310 g/mol. The van der Waals surface area contributed by atoms with Crippen LogP contribution in [0.1, 0.15) is 44.4 Å². The summed E-state index contributed by atoms with van der Waals surface area (Å²) in [5.74, 6) is 0. The Morgan fingerprint density at radius 3 is 2.64 bits per heavy atom. The predicted octanol–water partition coefficient (Wildman–Crippen LogP) is 1.45. The van der Waals surface area contributed by atoms with Gasteiger partial charge in [-0.2, -0.15) is 0 Å². The Bertz CT molecular complexity index is 485. The molecule has 6 nitrogen and oxygen atoms in total. The SMILES string of the molecule is CC(C)(C)OC(=O)NCCC(O)C(O)c1cccc(CN)c1. The molecule has 0 radical (unpaired) electrons. The molecular weight excluding hydrogens is 284 g/mol. The van der Waals surface area contributed by atoms with E-state index in [0.717, 1.165) is 5.56 Å². The van der Waals surface area contributed by atoms with Crippen molar-refractivity contribution in [1.82, 2.24) is 5.32 Å². The molecule has 124 valence electrons. The fraction of sp³-hybridized carbons (Fsp3) is 0.562. The maximum atomic E-state index is 11.5. The lowest BCUT2D eigenvalue weighted by Crippen LogP contribution is -2.34. The summed E-state index contributed by atoms with van der Waals surface area (Å²) in [6.45, 7) is 5.90. The third-order valence-corrected chi connectivity index (χ3v) is 3.00. The minimum Gasteiger partial charge on any atom is -0.444 e. The van der Waals surface area contributed by atoms with Crippen molar-refractivity contribution in [1.29, 1.82) is 0 Å². The van der Waals surface area contributed by atoms with Gasteiger partial charge in [-0.15, -0.1) is 0 Å². The molecule has 5 N–H and O–H groups in total. The molecule has 22 heavy (non-hydrogen) atoms. The summed E-state index contributed by atoms with van der Waals surface area (Å²) >= 11 is 0. The van der Waals surface area contributed by atoms with Gasteiger partial charge < -0.3 is 26.0 Å². The van der Waals surface area contributed by atoms with E-state index >= 15 is 0 Å².